The summed E-state index contributed by atoms with van der Waals surface area (Å²) < 4.78 is 3.91. The maximum atomic E-state index is 13.2. The van der Waals surface area contributed by atoms with Crippen LogP contribution < -0.4 is 26.5 Å². The number of aromatic nitrogens is 4. The highest BCUT2D eigenvalue weighted by Gasteiger charge is 2.53. The van der Waals surface area contributed by atoms with E-state index in [9.17, 15) is 19.5 Å². The number of anilines is 1. The summed E-state index contributed by atoms with van der Waals surface area (Å²) in [5.74, 6) is -2.55. The van der Waals surface area contributed by atoms with Crippen molar-refractivity contribution in [2.75, 3.05) is 18.6 Å². The molecule has 1 fully saturated rings. The van der Waals surface area contributed by atoms with E-state index < -0.39 is 29.2 Å². The number of aliphatic carboxylic acids is 1. The number of fused-ring (bicyclic) bond motifs is 2. The van der Waals surface area contributed by atoms with Gasteiger partial charge in [-0.2, -0.15) is 4.57 Å². The fraction of sp³-hybridized carbons (Fsp3) is 0.231. The van der Waals surface area contributed by atoms with Crippen molar-refractivity contribution >= 4 is 79.9 Å². The number of pyridine rings is 1. The number of amides is 2. The molecule has 2 aliphatic heterocycles. The molecule has 15 nitrogen and oxygen atoms in total. The Kier molecular flexibility index (Phi) is 7.78. The first kappa shape index (κ1) is 29.3. The number of nitrogens with two attached hydrogens (primary N) is 2. The number of nitrogens with zero attached hydrogens (tertiary/aromatic N) is 6. The molecule has 18 heteroatoms. The largest absolute Gasteiger partial charge is 0.543 e. The summed E-state index contributed by atoms with van der Waals surface area (Å²) in [5, 5.41) is 30.0. The summed E-state index contributed by atoms with van der Waals surface area (Å²) in [6, 6.07) is 4.73. The van der Waals surface area contributed by atoms with Gasteiger partial charge in [0.1, 0.15) is 46.3 Å². The highest BCUT2D eigenvalue weighted by molar-refractivity contribution is 8.00. The molecule has 0 radical (unpaired) electrons. The predicted molar refractivity (Wildman–Crippen MR) is 161 cm³/mol. The van der Waals surface area contributed by atoms with Gasteiger partial charge in [0.05, 0.1) is 18.2 Å². The van der Waals surface area contributed by atoms with Crippen LogP contribution in [0.3, 0.4) is 0 Å². The van der Waals surface area contributed by atoms with E-state index in [2.05, 4.69) is 20.4 Å². The Balaban J connectivity index is 1.22. The molecule has 6 heterocycles. The van der Waals surface area contributed by atoms with Crippen LogP contribution in [0.15, 0.2) is 57.8 Å². The van der Waals surface area contributed by atoms with E-state index in [1.807, 2.05) is 39.7 Å². The summed E-state index contributed by atoms with van der Waals surface area (Å²) in [7, 11) is 1.27. The van der Waals surface area contributed by atoms with Gasteiger partial charge >= 0.3 is 0 Å². The number of β-lactam (4-membered cyclic amide) rings is 1. The minimum atomic E-state index is -1.47. The summed E-state index contributed by atoms with van der Waals surface area (Å²) in [6.45, 7) is 0.671. The quantitative estimate of drug-likeness (QED) is 0.0550. The number of carboxylic acids is 1. The second-order valence-electron chi connectivity index (χ2n) is 9.68. The standard InChI is InChI=1S/C26H24N10O5S3/c1-41-33-18(13-10-44-26(29)31-13)22(37)32-19-23(38)36-20(25(39)40)12(9-43-24(19)36)7-34-5-2-3-15-16(34)4-6-35(15)8-17-30-14(11-42-17)21(27)28/h2-6,10-11,19,24H,7-9H2,1H3,(H6-,27,28,29,31,32,37,39,40)/b33-18-/t19-,24-/m1/s1. The number of nitrogen functional groups attached to an aromatic ring is 2. The van der Waals surface area contributed by atoms with E-state index in [1.54, 1.807) is 5.38 Å². The molecule has 0 bridgehead atoms. The first-order chi connectivity index (χ1) is 21.2. The van der Waals surface area contributed by atoms with Crippen molar-refractivity contribution in [2.45, 2.75) is 24.5 Å². The lowest BCUT2D eigenvalue weighted by Gasteiger charge is -2.50. The maximum absolute atomic E-state index is 13.2. The van der Waals surface area contributed by atoms with Crippen LogP contribution in [0.2, 0.25) is 0 Å². The van der Waals surface area contributed by atoms with Gasteiger partial charge in [-0.25, -0.2) is 9.97 Å². The summed E-state index contributed by atoms with van der Waals surface area (Å²) in [4.78, 5) is 53.0. The van der Waals surface area contributed by atoms with E-state index in [0.717, 1.165) is 27.4 Å². The van der Waals surface area contributed by atoms with Gasteiger partial charge in [-0.15, -0.1) is 34.4 Å². The third-order valence-corrected chi connectivity index (χ3v) is 9.84. The second-order valence-corrected chi connectivity index (χ2v) is 12.6. The van der Waals surface area contributed by atoms with Crippen LogP contribution in [0, 0.1) is 5.41 Å². The fourth-order valence-electron chi connectivity index (χ4n) is 5.05. The smallest absolute Gasteiger partial charge is 0.276 e. The molecular formula is C26H24N10O5S3. The van der Waals surface area contributed by atoms with Crippen molar-refractivity contribution < 1.29 is 28.9 Å². The van der Waals surface area contributed by atoms with Crippen molar-refractivity contribution in [2.24, 2.45) is 10.9 Å². The predicted octanol–water partition coefficient (Wildman–Crippen LogP) is -0.789. The van der Waals surface area contributed by atoms with E-state index >= 15 is 0 Å². The third kappa shape index (κ3) is 5.26. The molecule has 2 atom stereocenters. The molecule has 6 rings (SSSR count). The number of thiazole rings is 2. The van der Waals surface area contributed by atoms with Gasteiger partial charge in [0, 0.05) is 40.4 Å². The highest BCUT2D eigenvalue weighted by Crippen LogP contribution is 2.40. The van der Waals surface area contributed by atoms with Gasteiger partial charge in [-0.3, -0.25) is 19.9 Å². The molecule has 44 heavy (non-hydrogen) atoms. The van der Waals surface area contributed by atoms with Crippen molar-refractivity contribution in [1.82, 2.24) is 24.8 Å². The van der Waals surface area contributed by atoms with Gasteiger partial charge in [0.15, 0.2) is 23.6 Å². The molecule has 0 spiro atoms. The molecule has 0 aromatic carbocycles. The Morgan fingerprint density at radius 3 is 2.75 bits per heavy atom. The average molecular weight is 653 g/mol. The number of carbonyl (C=O) groups is 3. The molecule has 4 aromatic rings. The van der Waals surface area contributed by atoms with Gasteiger partial charge < -0.3 is 36.1 Å². The van der Waals surface area contributed by atoms with Crippen LogP contribution in [0.1, 0.15) is 16.4 Å². The second kappa shape index (κ2) is 11.7. The molecule has 0 aliphatic carbocycles. The van der Waals surface area contributed by atoms with Crippen LogP contribution >= 0.6 is 34.4 Å². The average Bonchev–Trinajstić information content (AvgIpc) is 3.75. The van der Waals surface area contributed by atoms with E-state index in [4.69, 9.17) is 21.7 Å². The molecule has 4 aromatic heterocycles. The van der Waals surface area contributed by atoms with Crippen molar-refractivity contribution in [1.29, 1.82) is 5.41 Å². The number of hydrogen-bond donors (Lipinski definition) is 4. The lowest BCUT2D eigenvalue weighted by Crippen LogP contribution is -2.71. The zero-order valence-electron chi connectivity index (χ0n) is 22.9. The Morgan fingerprint density at radius 2 is 2.07 bits per heavy atom. The first-order valence-electron chi connectivity index (χ1n) is 12.9. The fourth-order valence-corrected chi connectivity index (χ4v) is 7.72. The van der Waals surface area contributed by atoms with Crippen LogP contribution in [0.25, 0.3) is 11.0 Å². The van der Waals surface area contributed by atoms with Crippen LogP contribution in [0.5, 0.6) is 0 Å². The summed E-state index contributed by atoms with van der Waals surface area (Å²) in [5.41, 5.74) is 13.7. The molecule has 6 N–H and O–H groups in total. The van der Waals surface area contributed by atoms with Crippen LogP contribution in [-0.2, 0) is 32.3 Å². The lowest BCUT2D eigenvalue weighted by atomic mass is 10.0. The van der Waals surface area contributed by atoms with Gasteiger partial charge in [-0.05, 0) is 6.07 Å². The number of amidine groups is 1. The Morgan fingerprint density at radius 1 is 1.27 bits per heavy atom. The lowest BCUT2D eigenvalue weighted by molar-refractivity contribution is -0.663. The zero-order chi connectivity index (χ0) is 31.1. The molecule has 0 saturated carbocycles. The first-order valence-corrected chi connectivity index (χ1v) is 15.7. The van der Waals surface area contributed by atoms with Gasteiger partial charge in [-0.1, -0.05) is 5.16 Å². The SMILES string of the molecule is CO/N=C(\C(=O)N[C@@H]1C(=O)N2C(C(=O)[O-])=C(C[n+]3cccc4c3ccn4Cc3nc(C(=N)N)cs3)CS[C@H]12)c1csc(N)n1. The summed E-state index contributed by atoms with van der Waals surface area (Å²) in [6.07, 6.45) is 3.74. The minimum Gasteiger partial charge on any atom is -0.543 e. The van der Waals surface area contributed by atoms with Gasteiger partial charge in [0.25, 0.3) is 11.8 Å². The monoisotopic (exact) mass is 652 g/mol. The van der Waals surface area contributed by atoms with Gasteiger partial charge in [0.2, 0.25) is 5.52 Å². The summed E-state index contributed by atoms with van der Waals surface area (Å²) >= 11 is 3.87. The number of carbonyl (C=O) groups excluding carboxylic acids is 3. The minimum absolute atomic E-state index is 0.0902. The molecule has 226 valence electrons. The van der Waals surface area contributed by atoms with Crippen LogP contribution in [-0.4, -0.2) is 73.0 Å². The third-order valence-electron chi connectivity index (χ3n) is 7.00. The molecule has 0 unspecified atom stereocenters. The molecule has 2 amide bonds. The molecule has 2 aliphatic rings. The van der Waals surface area contributed by atoms with E-state index in [1.165, 1.54) is 40.5 Å². The number of thioether (sulfide) groups is 1. The Labute approximate surface area is 261 Å². The number of carboxylic acid groups (broad SMARTS) is 1. The topological polar surface area (TPSA) is 222 Å². The highest BCUT2D eigenvalue weighted by atomic mass is 32.2. The number of hydrogen-bond acceptors (Lipinski definition) is 13. The maximum Gasteiger partial charge on any atom is 0.276 e. The molecular weight excluding hydrogens is 629 g/mol. The van der Waals surface area contributed by atoms with Crippen molar-refractivity contribution in [3.05, 3.63) is 69.0 Å². The molecule has 1 saturated heterocycles. The van der Waals surface area contributed by atoms with Crippen LogP contribution in [0.4, 0.5) is 5.13 Å². The van der Waals surface area contributed by atoms with E-state index in [-0.39, 0.29) is 34.6 Å². The number of nitrogens with one attached hydrogen (secondary N) is 2. The number of rotatable bonds is 10. The van der Waals surface area contributed by atoms with Crippen molar-refractivity contribution in [3.8, 4) is 0 Å². The zero-order valence-corrected chi connectivity index (χ0v) is 25.4. The number of oxime groups is 1. The Bertz CT molecular complexity index is 1890. The van der Waals surface area contributed by atoms with E-state index in [0.29, 0.717) is 23.6 Å². The Hall–Kier alpha value is -4.81. The van der Waals surface area contributed by atoms with Crippen molar-refractivity contribution in [3.63, 3.8) is 0 Å². The normalized spacial score (nSPS) is 18.2.